The van der Waals surface area contributed by atoms with Gasteiger partial charge in [0, 0.05) is 17.6 Å². The number of thioether (sulfide) groups is 1. The van der Waals surface area contributed by atoms with Gasteiger partial charge in [-0.3, -0.25) is 23.7 Å². The number of benzene rings is 3. The van der Waals surface area contributed by atoms with Crippen molar-refractivity contribution in [3.63, 3.8) is 0 Å². The molecular weight excluding hydrogens is 628 g/mol. The highest BCUT2D eigenvalue weighted by Gasteiger charge is 2.40. The van der Waals surface area contributed by atoms with Gasteiger partial charge in [0.1, 0.15) is 30.7 Å². The summed E-state index contributed by atoms with van der Waals surface area (Å²) in [5.41, 5.74) is -1.35. The first kappa shape index (κ1) is 32.6. The van der Waals surface area contributed by atoms with E-state index in [4.69, 9.17) is 18.5 Å². The molecule has 2 unspecified atom stereocenters. The second-order valence-corrected chi connectivity index (χ2v) is 12.8. The summed E-state index contributed by atoms with van der Waals surface area (Å²) in [7, 11) is -4.41. The van der Waals surface area contributed by atoms with Gasteiger partial charge in [0.05, 0.1) is 18.9 Å². The van der Waals surface area contributed by atoms with Crippen LogP contribution in [-0.4, -0.2) is 57.5 Å². The number of esters is 1. The molecule has 12 nitrogen and oxygen atoms in total. The Labute approximate surface area is 261 Å². The van der Waals surface area contributed by atoms with Gasteiger partial charge in [-0.1, -0.05) is 66.7 Å². The number of ether oxygens (including phenoxy) is 2. The Bertz CT molecular complexity index is 1800. The molecule has 1 aliphatic heterocycles. The molecule has 5 rings (SSSR count). The van der Waals surface area contributed by atoms with E-state index in [1.165, 1.54) is 11.8 Å². The number of hydrogen-bond acceptors (Lipinski definition) is 10. The lowest BCUT2D eigenvalue weighted by atomic mass is 10.1. The lowest BCUT2D eigenvalue weighted by molar-refractivity contribution is -0.146. The number of aromatic nitrogens is 2. The molecule has 0 amide bonds. The van der Waals surface area contributed by atoms with Gasteiger partial charge in [-0.15, -0.1) is 0 Å². The number of nitrogens with one attached hydrogen (secondary N) is 2. The Balaban J connectivity index is 1.37. The molecule has 0 radical (unpaired) electrons. The molecule has 0 aliphatic carbocycles. The normalized spacial score (nSPS) is 20.0. The number of aromatic amines is 1. The summed E-state index contributed by atoms with van der Waals surface area (Å²) in [5.74, 6) is -1.52. The van der Waals surface area contributed by atoms with Gasteiger partial charge in [-0.2, -0.15) is 21.2 Å². The van der Waals surface area contributed by atoms with E-state index in [2.05, 4.69) is 5.09 Å². The summed E-state index contributed by atoms with van der Waals surface area (Å²) in [6.07, 6.45) is -1.20. The predicted octanol–water partition coefficient (Wildman–Crippen LogP) is 3.75. The fourth-order valence-electron chi connectivity index (χ4n) is 4.72. The van der Waals surface area contributed by atoms with Gasteiger partial charge in [0.25, 0.3) is 5.56 Å². The lowest BCUT2D eigenvalue weighted by Crippen LogP contribution is -2.40. The van der Waals surface area contributed by atoms with Gasteiger partial charge in [0.15, 0.2) is 0 Å². The Kier molecular flexibility index (Phi) is 10.5. The molecule has 3 N–H and O–H groups in total. The number of fused-ring (bicyclic) bond motifs is 1. The third-order valence-corrected chi connectivity index (χ3v) is 9.19. The number of carbonyl (C=O) groups is 1. The minimum Gasteiger partial charge on any atom is -0.460 e. The fraction of sp³-hybridized carbons (Fsp3) is 0.300. The van der Waals surface area contributed by atoms with Crippen LogP contribution in [0.5, 0.6) is 5.75 Å². The molecule has 1 aromatic heterocycles. The Morgan fingerprint density at radius 2 is 1.89 bits per heavy atom. The summed E-state index contributed by atoms with van der Waals surface area (Å²) in [6.45, 7) is -0.506. The number of rotatable bonds is 13. The monoisotopic (exact) mass is 659 g/mol. The van der Waals surface area contributed by atoms with E-state index in [1.807, 2.05) is 41.4 Å². The maximum atomic E-state index is 14.4. The lowest BCUT2D eigenvalue weighted by Gasteiger charge is -2.26. The van der Waals surface area contributed by atoms with Crippen molar-refractivity contribution >= 4 is 36.3 Å². The molecule has 1 saturated heterocycles. The number of halogens is 1. The average Bonchev–Trinajstić information content (AvgIpc) is 3.41. The molecule has 2 heterocycles. The number of aliphatic hydroxyl groups is 1. The molecule has 0 saturated carbocycles. The largest absolute Gasteiger partial charge is 0.460 e. The van der Waals surface area contributed by atoms with Gasteiger partial charge in [-0.25, -0.2) is 9.36 Å². The third kappa shape index (κ3) is 8.09. The average molecular weight is 660 g/mol. The van der Waals surface area contributed by atoms with Crippen LogP contribution in [0.1, 0.15) is 18.2 Å². The van der Waals surface area contributed by atoms with Crippen molar-refractivity contribution in [2.45, 2.75) is 37.5 Å². The number of hydrogen-bond donors (Lipinski definition) is 3. The molecule has 1 fully saturated rings. The molecule has 0 bridgehead atoms. The van der Waals surface area contributed by atoms with E-state index >= 15 is 0 Å². The number of H-pyrrole nitrogens is 1. The van der Waals surface area contributed by atoms with Crippen LogP contribution in [0.2, 0.25) is 0 Å². The second kappa shape index (κ2) is 14.5. The molecule has 45 heavy (non-hydrogen) atoms. The highest BCUT2D eigenvalue weighted by molar-refractivity contribution is 7.98. The minimum absolute atomic E-state index is 0.00418. The Hall–Kier alpha value is -3.78. The Morgan fingerprint density at radius 1 is 1.16 bits per heavy atom. The molecule has 4 aromatic rings. The number of nitrogens with zero attached hydrogens (tertiary/aromatic N) is 1. The summed E-state index contributed by atoms with van der Waals surface area (Å²) in [6, 6.07) is 20.4. The highest BCUT2D eigenvalue weighted by atomic mass is 32.2. The zero-order valence-electron chi connectivity index (χ0n) is 24.0. The summed E-state index contributed by atoms with van der Waals surface area (Å²) >= 11 is 1.31. The van der Waals surface area contributed by atoms with Crippen molar-refractivity contribution < 1.29 is 37.4 Å². The fourth-order valence-corrected chi connectivity index (χ4v) is 6.92. The topological polar surface area (TPSA) is 158 Å². The first-order valence-electron chi connectivity index (χ1n) is 13.9. The molecular formula is C30H31FN3O9PS. The number of carbonyl (C=O) groups excluding carboxylic acids is 1. The Morgan fingerprint density at radius 3 is 2.67 bits per heavy atom. The zero-order valence-corrected chi connectivity index (χ0v) is 25.7. The minimum atomic E-state index is -4.41. The van der Waals surface area contributed by atoms with Crippen molar-refractivity contribution in [3.05, 3.63) is 111 Å². The quantitative estimate of drug-likeness (QED) is 0.142. The smallest absolute Gasteiger partial charge is 0.459 e. The van der Waals surface area contributed by atoms with Crippen molar-refractivity contribution in [1.29, 1.82) is 0 Å². The van der Waals surface area contributed by atoms with Crippen LogP contribution >= 0.6 is 19.5 Å². The second-order valence-electron chi connectivity index (χ2n) is 10.2. The predicted molar refractivity (Wildman–Crippen MR) is 165 cm³/mol. The zero-order chi connectivity index (χ0) is 32.0. The molecule has 0 spiro atoms. The van der Waals surface area contributed by atoms with Crippen LogP contribution in [0.15, 0.2) is 88.6 Å². The molecule has 1 aliphatic rings. The van der Waals surface area contributed by atoms with Crippen LogP contribution < -0.4 is 20.9 Å². The first-order chi connectivity index (χ1) is 21.7. The van der Waals surface area contributed by atoms with E-state index in [9.17, 15) is 28.4 Å². The van der Waals surface area contributed by atoms with Crippen molar-refractivity contribution in [2.24, 2.45) is 0 Å². The van der Waals surface area contributed by atoms with E-state index in [1.54, 1.807) is 42.7 Å². The van der Waals surface area contributed by atoms with Crippen LogP contribution in [-0.2, 0) is 30.0 Å². The van der Waals surface area contributed by atoms with E-state index in [-0.39, 0.29) is 24.5 Å². The number of aliphatic hydroxyl groups excluding tert-OH is 1. The van der Waals surface area contributed by atoms with Gasteiger partial charge in [-0.05, 0) is 23.3 Å². The third-order valence-electron chi connectivity index (χ3n) is 6.97. The summed E-state index contributed by atoms with van der Waals surface area (Å²) in [5, 5.41) is 14.8. The summed E-state index contributed by atoms with van der Waals surface area (Å²) < 4.78 is 52.1. The van der Waals surface area contributed by atoms with Gasteiger partial charge >= 0.3 is 19.4 Å². The van der Waals surface area contributed by atoms with Crippen LogP contribution in [0.4, 0.5) is 4.39 Å². The van der Waals surface area contributed by atoms with E-state index in [0.717, 1.165) is 15.5 Å². The first-order valence-corrected chi connectivity index (χ1v) is 16.8. The van der Waals surface area contributed by atoms with Crippen molar-refractivity contribution in [2.75, 3.05) is 18.6 Å². The maximum Gasteiger partial charge on any atom is 0.459 e. The van der Waals surface area contributed by atoms with Crippen molar-refractivity contribution in [1.82, 2.24) is 14.6 Å². The SMILES string of the molecule is CSC[C@H](NP(=O)(OC[C@H]1O[C@@H](n2cc(F)c(=O)[nH]c2=O)CC1O)Oc1cccc2ccccc12)C(=O)OCc1ccccc1. The molecule has 15 heteroatoms. The summed E-state index contributed by atoms with van der Waals surface area (Å²) in [4.78, 5) is 38.7. The van der Waals surface area contributed by atoms with Crippen LogP contribution in [0.25, 0.3) is 10.8 Å². The van der Waals surface area contributed by atoms with E-state index < -0.39 is 61.9 Å². The van der Waals surface area contributed by atoms with Gasteiger partial charge < -0.3 is 19.1 Å². The van der Waals surface area contributed by atoms with E-state index in [0.29, 0.717) is 11.6 Å². The highest BCUT2D eigenvalue weighted by Crippen LogP contribution is 2.47. The molecule has 3 aromatic carbocycles. The van der Waals surface area contributed by atoms with Crippen molar-refractivity contribution in [3.8, 4) is 5.75 Å². The molecule has 5 atom stereocenters. The standard InChI is InChI=1S/C30H31FN3O9PS/c1-45-18-23(29(37)40-16-19-8-3-2-4-9-19)33-44(39,43-25-13-7-11-20-10-5-6-12-21(20)25)41-17-26-24(35)14-27(42-26)34-15-22(31)28(36)32-30(34)38/h2-13,15,23-24,26-27,35H,14,16-18H2,1H3,(H,33,39)(H,32,36,38)/t23-,24?,26+,27+,44?/m0/s1. The van der Waals surface area contributed by atoms with Gasteiger partial charge in [0.2, 0.25) is 5.82 Å². The maximum absolute atomic E-state index is 14.4. The van der Waals surface area contributed by atoms with Crippen LogP contribution in [0, 0.1) is 5.82 Å². The van der Waals surface area contributed by atoms with Crippen LogP contribution in [0.3, 0.4) is 0 Å². The molecule has 238 valence electrons.